The van der Waals surface area contributed by atoms with Crippen LogP contribution in [0.1, 0.15) is 32.3 Å². The Labute approximate surface area is 125 Å². The van der Waals surface area contributed by atoms with E-state index in [4.69, 9.17) is 16.3 Å². The lowest BCUT2D eigenvalue weighted by Crippen LogP contribution is -2.16. The summed E-state index contributed by atoms with van der Waals surface area (Å²) in [5.74, 6) is 0. The molecule has 1 saturated heterocycles. The van der Waals surface area contributed by atoms with E-state index in [2.05, 4.69) is 25.2 Å². The zero-order chi connectivity index (χ0) is 13.7. The Balaban J connectivity index is 2.08. The first-order valence-electron chi connectivity index (χ1n) is 6.98. The van der Waals surface area contributed by atoms with E-state index in [9.17, 15) is 0 Å². The standard InChI is InChI=1S/C15H22ClNOS/c1-3-8-17-10-12-5-4-6-13(16)15(12)19-14-7-9-18-11(14)2/h4-6,11,14,17H,3,7-10H2,1-2H3. The molecule has 1 heterocycles. The van der Waals surface area contributed by atoms with Crippen molar-refractivity contribution in [2.45, 2.75) is 49.5 Å². The highest BCUT2D eigenvalue weighted by Gasteiger charge is 2.26. The summed E-state index contributed by atoms with van der Waals surface area (Å²) in [6, 6.07) is 6.18. The molecule has 2 rings (SSSR count). The summed E-state index contributed by atoms with van der Waals surface area (Å²) >= 11 is 8.25. The van der Waals surface area contributed by atoms with Crippen LogP contribution in [0.25, 0.3) is 0 Å². The Kier molecular flexibility index (Phi) is 6.02. The third-order valence-corrected chi connectivity index (χ3v) is 5.43. The van der Waals surface area contributed by atoms with E-state index in [0.29, 0.717) is 11.4 Å². The van der Waals surface area contributed by atoms with E-state index in [-0.39, 0.29) is 0 Å². The Morgan fingerprint density at radius 2 is 2.32 bits per heavy atom. The van der Waals surface area contributed by atoms with Gasteiger partial charge in [-0.3, -0.25) is 0 Å². The van der Waals surface area contributed by atoms with Crippen LogP contribution in [-0.4, -0.2) is 24.5 Å². The van der Waals surface area contributed by atoms with Crippen molar-refractivity contribution in [2.24, 2.45) is 0 Å². The number of ether oxygens (including phenoxy) is 1. The predicted octanol–water partition coefficient (Wildman–Crippen LogP) is 4.11. The molecule has 0 radical (unpaired) electrons. The molecule has 4 heteroatoms. The fourth-order valence-electron chi connectivity index (χ4n) is 2.24. The minimum Gasteiger partial charge on any atom is -0.377 e. The third-order valence-electron chi connectivity index (χ3n) is 3.37. The van der Waals surface area contributed by atoms with Gasteiger partial charge in [-0.25, -0.2) is 0 Å². The van der Waals surface area contributed by atoms with E-state index in [1.807, 2.05) is 23.9 Å². The highest BCUT2D eigenvalue weighted by Crippen LogP contribution is 2.38. The van der Waals surface area contributed by atoms with E-state index in [1.165, 1.54) is 10.5 Å². The summed E-state index contributed by atoms with van der Waals surface area (Å²) in [6.07, 6.45) is 2.58. The maximum absolute atomic E-state index is 6.38. The first-order chi connectivity index (χ1) is 9.22. The average molecular weight is 300 g/mol. The van der Waals surface area contributed by atoms with Gasteiger partial charge in [0.05, 0.1) is 11.1 Å². The molecule has 2 unspecified atom stereocenters. The second-order valence-electron chi connectivity index (χ2n) is 4.93. The minimum atomic E-state index is 0.317. The van der Waals surface area contributed by atoms with Crippen LogP contribution in [0.3, 0.4) is 0 Å². The van der Waals surface area contributed by atoms with Crippen molar-refractivity contribution >= 4 is 23.4 Å². The molecule has 0 spiro atoms. The lowest BCUT2D eigenvalue weighted by molar-refractivity contribution is 0.127. The van der Waals surface area contributed by atoms with E-state index in [0.717, 1.165) is 37.6 Å². The number of nitrogens with one attached hydrogen (secondary N) is 1. The van der Waals surface area contributed by atoms with Gasteiger partial charge in [0.15, 0.2) is 0 Å². The Morgan fingerprint density at radius 3 is 3.00 bits per heavy atom. The summed E-state index contributed by atoms with van der Waals surface area (Å²) in [4.78, 5) is 1.22. The van der Waals surface area contributed by atoms with Crippen LogP contribution >= 0.6 is 23.4 Å². The molecule has 1 aromatic carbocycles. The number of rotatable bonds is 6. The van der Waals surface area contributed by atoms with Gasteiger partial charge in [0.2, 0.25) is 0 Å². The monoisotopic (exact) mass is 299 g/mol. The molecule has 19 heavy (non-hydrogen) atoms. The Bertz CT molecular complexity index is 413. The fourth-order valence-corrected chi connectivity index (χ4v) is 3.83. The van der Waals surface area contributed by atoms with Crippen molar-refractivity contribution in [1.29, 1.82) is 0 Å². The van der Waals surface area contributed by atoms with Gasteiger partial charge in [0.25, 0.3) is 0 Å². The second-order valence-corrected chi connectivity index (χ2v) is 6.58. The molecule has 1 N–H and O–H groups in total. The van der Waals surface area contributed by atoms with Gasteiger partial charge >= 0.3 is 0 Å². The van der Waals surface area contributed by atoms with Gasteiger partial charge in [0.1, 0.15) is 0 Å². The molecule has 0 saturated carbocycles. The Morgan fingerprint density at radius 1 is 1.47 bits per heavy atom. The molecule has 0 aromatic heterocycles. The van der Waals surface area contributed by atoms with Gasteiger partial charge in [-0.2, -0.15) is 0 Å². The largest absolute Gasteiger partial charge is 0.377 e. The van der Waals surface area contributed by atoms with E-state index in [1.54, 1.807) is 0 Å². The molecule has 1 aliphatic heterocycles. The van der Waals surface area contributed by atoms with Gasteiger partial charge < -0.3 is 10.1 Å². The molecule has 1 fully saturated rings. The van der Waals surface area contributed by atoms with Crippen molar-refractivity contribution in [3.8, 4) is 0 Å². The van der Waals surface area contributed by atoms with Gasteiger partial charge in [0, 0.05) is 23.3 Å². The summed E-state index contributed by atoms with van der Waals surface area (Å²) in [7, 11) is 0. The molecule has 2 atom stereocenters. The van der Waals surface area contributed by atoms with Crippen LogP contribution < -0.4 is 5.32 Å². The topological polar surface area (TPSA) is 21.3 Å². The number of benzene rings is 1. The molecule has 2 nitrogen and oxygen atoms in total. The molecule has 1 aliphatic rings. The summed E-state index contributed by atoms with van der Waals surface area (Å²) < 4.78 is 5.64. The first-order valence-corrected chi connectivity index (χ1v) is 8.24. The van der Waals surface area contributed by atoms with Crippen LogP contribution in [0.4, 0.5) is 0 Å². The van der Waals surface area contributed by atoms with Crippen molar-refractivity contribution in [2.75, 3.05) is 13.2 Å². The van der Waals surface area contributed by atoms with Crippen LogP contribution in [0.5, 0.6) is 0 Å². The second kappa shape index (κ2) is 7.53. The molecule has 106 valence electrons. The van der Waals surface area contributed by atoms with Crippen molar-refractivity contribution in [3.05, 3.63) is 28.8 Å². The predicted molar refractivity (Wildman–Crippen MR) is 83.1 cm³/mol. The van der Waals surface area contributed by atoms with Crippen LogP contribution in [0.2, 0.25) is 5.02 Å². The summed E-state index contributed by atoms with van der Waals surface area (Å²) in [6.45, 7) is 7.12. The van der Waals surface area contributed by atoms with Gasteiger partial charge in [-0.15, -0.1) is 11.8 Å². The summed E-state index contributed by atoms with van der Waals surface area (Å²) in [5.41, 5.74) is 1.30. The number of halogens is 1. The van der Waals surface area contributed by atoms with Crippen molar-refractivity contribution < 1.29 is 4.74 Å². The zero-order valence-corrected chi connectivity index (χ0v) is 13.2. The van der Waals surface area contributed by atoms with Crippen molar-refractivity contribution in [3.63, 3.8) is 0 Å². The minimum absolute atomic E-state index is 0.317. The molecular formula is C15H22ClNOS. The molecule has 0 aliphatic carbocycles. The fraction of sp³-hybridized carbons (Fsp3) is 0.600. The normalized spacial score (nSPS) is 22.9. The molecule has 0 bridgehead atoms. The van der Waals surface area contributed by atoms with Crippen molar-refractivity contribution in [1.82, 2.24) is 5.32 Å². The lowest BCUT2D eigenvalue weighted by atomic mass is 10.2. The highest BCUT2D eigenvalue weighted by atomic mass is 35.5. The Hall–Kier alpha value is -0.220. The van der Waals surface area contributed by atoms with Crippen LogP contribution in [0, 0.1) is 0 Å². The molecule has 0 amide bonds. The smallest absolute Gasteiger partial charge is 0.0669 e. The quantitative estimate of drug-likeness (QED) is 0.799. The molecule has 1 aromatic rings. The molecular weight excluding hydrogens is 278 g/mol. The highest BCUT2D eigenvalue weighted by molar-refractivity contribution is 8.00. The van der Waals surface area contributed by atoms with Crippen LogP contribution in [0.15, 0.2) is 23.1 Å². The maximum Gasteiger partial charge on any atom is 0.0669 e. The number of hydrogen-bond donors (Lipinski definition) is 1. The number of thioether (sulfide) groups is 1. The van der Waals surface area contributed by atoms with Crippen LogP contribution in [-0.2, 0) is 11.3 Å². The number of hydrogen-bond acceptors (Lipinski definition) is 3. The van der Waals surface area contributed by atoms with E-state index < -0.39 is 0 Å². The third kappa shape index (κ3) is 4.12. The van der Waals surface area contributed by atoms with E-state index >= 15 is 0 Å². The SMILES string of the molecule is CCCNCc1cccc(Cl)c1SC1CCOC1C. The lowest BCUT2D eigenvalue weighted by Gasteiger charge is -2.17. The van der Waals surface area contributed by atoms with Gasteiger partial charge in [-0.05, 0) is 37.9 Å². The average Bonchev–Trinajstić information content (AvgIpc) is 2.79. The maximum atomic E-state index is 6.38. The first kappa shape index (κ1) is 15.2. The zero-order valence-electron chi connectivity index (χ0n) is 11.6. The summed E-state index contributed by atoms with van der Waals surface area (Å²) in [5, 5.41) is 4.83. The van der Waals surface area contributed by atoms with Gasteiger partial charge in [-0.1, -0.05) is 30.7 Å².